The Balaban J connectivity index is 1.66. The summed E-state index contributed by atoms with van der Waals surface area (Å²) in [5.74, 6) is -1.37. The van der Waals surface area contributed by atoms with E-state index in [9.17, 15) is 14.4 Å². The van der Waals surface area contributed by atoms with Gasteiger partial charge in [-0.2, -0.15) is 0 Å². The van der Waals surface area contributed by atoms with Gasteiger partial charge in [0.05, 0.1) is 16.6 Å². The fourth-order valence-electron chi connectivity index (χ4n) is 5.30. The van der Waals surface area contributed by atoms with Crippen molar-refractivity contribution in [2.75, 3.05) is 25.5 Å². The molecule has 0 radical (unpaired) electrons. The van der Waals surface area contributed by atoms with Gasteiger partial charge in [-0.3, -0.25) is 14.4 Å². The van der Waals surface area contributed by atoms with Gasteiger partial charge < -0.3 is 20.6 Å². The molecule has 3 fully saturated rings. The van der Waals surface area contributed by atoms with E-state index in [1.807, 2.05) is 0 Å². The van der Waals surface area contributed by atoms with E-state index in [2.05, 4.69) is 10.6 Å². The molecule has 0 aliphatic carbocycles. The van der Waals surface area contributed by atoms with Crippen LogP contribution in [0.15, 0.2) is 24.3 Å². The zero-order valence-corrected chi connectivity index (χ0v) is 18.3. The molecule has 3 heterocycles. The SMILES string of the molecule is CNC(=O)[C@@H]1[C@H]2C(=O)N(CCCCO)C(C(=O)Nc3ccc(Cl)cc3)C23CC[C@H]1S3. The number of aliphatic hydroxyl groups excluding tert-OH is 1. The van der Waals surface area contributed by atoms with Crippen LogP contribution in [0.5, 0.6) is 0 Å². The van der Waals surface area contributed by atoms with Crippen molar-refractivity contribution >= 4 is 46.8 Å². The van der Waals surface area contributed by atoms with Crippen LogP contribution < -0.4 is 10.6 Å². The number of carbonyl (C=O) groups excluding carboxylic acids is 3. The standard InChI is InChI=1S/C21H26ClN3O4S/c1-23-18(27)15-14-8-9-21(30-14)16(15)20(29)25(10-2-3-11-26)17(21)19(28)24-13-6-4-12(22)5-7-13/h4-7,14-17,26H,2-3,8-11H2,1H3,(H,23,27)(H,24,28)/t14-,15+,16+,17?,21?/m1/s1. The molecular formula is C21H26ClN3O4S. The Kier molecular flexibility index (Phi) is 6.01. The first-order chi connectivity index (χ1) is 14.4. The third-order valence-electron chi connectivity index (χ3n) is 6.52. The maximum Gasteiger partial charge on any atom is 0.248 e. The lowest BCUT2D eigenvalue weighted by Gasteiger charge is -2.34. The first-order valence-electron chi connectivity index (χ1n) is 10.3. The van der Waals surface area contributed by atoms with Gasteiger partial charge in [0.2, 0.25) is 17.7 Å². The molecule has 7 nitrogen and oxygen atoms in total. The highest BCUT2D eigenvalue weighted by molar-refractivity contribution is 8.02. The van der Waals surface area contributed by atoms with E-state index in [-0.39, 0.29) is 29.6 Å². The van der Waals surface area contributed by atoms with Gasteiger partial charge >= 0.3 is 0 Å². The Morgan fingerprint density at radius 2 is 2.00 bits per heavy atom. The zero-order valence-electron chi connectivity index (χ0n) is 16.8. The summed E-state index contributed by atoms with van der Waals surface area (Å²) in [6.45, 7) is 0.429. The minimum absolute atomic E-state index is 0.0376. The first kappa shape index (κ1) is 21.5. The van der Waals surface area contributed by atoms with E-state index in [1.165, 1.54) is 0 Å². The summed E-state index contributed by atoms with van der Waals surface area (Å²) in [6.07, 6.45) is 2.72. The van der Waals surface area contributed by atoms with E-state index < -0.39 is 22.6 Å². The summed E-state index contributed by atoms with van der Waals surface area (Å²) < 4.78 is -0.589. The molecule has 5 atom stereocenters. The van der Waals surface area contributed by atoms with Crippen molar-refractivity contribution in [2.24, 2.45) is 11.8 Å². The molecule has 3 N–H and O–H groups in total. The van der Waals surface area contributed by atoms with Gasteiger partial charge in [-0.05, 0) is 49.9 Å². The van der Waals surface area contributed by atoms with E-state index in [0.29, 0.717) is 30.1 Å². The Labute approximate surface area is 184 Å². The quantitative estimate of drug-likeness (QED) is 0.550. The van der Waals surface area contributed by atoms with Crippen LogP contribution in [0.1, 0.15) is 25.7 Å². The fourth-order valence-corrected chi connectivity index (χ4v) is 7.64. The molecular weight excluding hydrogens is 426 g/mol. The molecule has 1 aromatic rings. The topological polar surface area (TPSA) is 98.7 Å². The maximum absolute atomic E-state index is 13.5. The van der Waals surface area contributed by atoms with Crippen molar-refractivity contribution in [1.29, 1.82) is 0 Å². The van der Waals surface area contributed by atoms with Crippen LogP contribution in [0, 0.1) is 11.8 Å². The van der Waals surface area contributed by atoms with Gasteiger partial charge in [-0.15, -0.1) is 11.8 Å². The van der Waals surface area contributed by atoms with Crippen LogP contribution in [0.3, 0.4) is 0 Å². The third kappa shape index (κ3) is 3.39. The fraction of sp³-hybridized carbons (Fsp3) is 0.571. The molecule has 2 bridgehead atoms. The number of carbonyl (C=O) groups is 3. The molecule has 3 aliphatic rings. The third-order valence-corrected chi connectivity index (χ3v) is 8.72. The van der Waals surface area contributed by atoms with E-state index in [0.717, 1.165) is 12.8 Å². The van der Waals surface area contributed by atoms with Crippen molar-refractivity contribution in [3.05, 3.63) is 29.3 Å². The lowest BCUT2D eigenvalue weighted by Crippen LogP contribution is -2.51. The number of nitrogens with zero attached hydrogens (tertiary/aromatic N) is 1. The minimum Gasteiger partial charge on any atom is -0.396 e. The van der Waals surface area contributed by atoms with Gasteiger partial charge in [-0.1, -0.05) is 11.6 Å². The number of hydrogen-bond donors (Lipinski definition) is 3. The molecule has 3 saturated heterocycles. The predicted molar refractivity (Wildman–Crippen MR) is 116 cm³/mol. The first-order valence-corrected chi connectivity index (χ1v) is 11.6. The number of amides is 3. The summed E-state index contributed by atoms with van der Waals surface area (Å²) in [5, 5.41) is 15.4. The highest BCUT2D eigenvalue weighted by atomic mass is 35.5. The Bertz CT molecular complexity index is 851. The smallest absolute Gasteiger partial charge is 0.248 e. The largest absolute Gasteiger partial charge is 0.396 e. The van der Waals surface area contributed by atoms with Crippen molar-refractivity contribution in [3.8, 4) is 0 Å². The second-order valence-electron chi connectivity index (χ2n) is 8.13. The minimum atomic E-state index is -0.644. The predicted octanol–water partition coefficient (Wildman–Crippen LogP) is 1.89. The number of likely N-dealkylation sites (tertiary alicyclic amines) is 1. The van der Waals surface area contributed by atoms with E-state index >= 15 is 0 Å². The molecule has 9 heteroatoms. The van der Waals surface area contributed by atoms with Crippen molar-refractivity contribution in [3.63, 3.8) is 0 Å². The number of aliphatic hydroxyl groups is 1. The van der Waals surface area contributed by atoms with E-state index in [1.54, 1.807) is 48.0 Å². The summed E-state index contributed by atoms with van der Waals surface area (Å²) in [5.41, 5.74) is 0.618. The highest BCUT2D eigenvalue weighted by Gasteiger charge is 2.73. The molecule has 162 valence electrons. The van der Waals surface area contributed by atoms with Crippen LogP contribution in [0.4, 0.5) is 5.69 Å². The summed E-state index contributed by atoms with van der Waals surface area (Å²) >= 11 is 7.59. The second kappa shape index (κ2) is 8.40. The highest BCUT2D eigenvalue weighted by Crippen LogP contribution is 2.66. The number of benzene rings is 1. The Hall–Kier alpha value is -1.77. The summed E-state index contributed by atoms with van der Waals surface area (Å²) in [7, 11) is 1.59. The van der Waals surface area contributed by atoms with Gasteiger partial charge in [0.25, 0.3) is 0 Å². The van der Waals surface area contributed by atoms with Crippen molar-refractivity contribution < 1.29 is 19.5 Å². The normalized spacial score (nSPS) is 31.7. The summed E-state index contributed by atoms with van der Waals surface area (Å²) in [4.78, 5) is 41.2. The molecule has 3 amide bonds. The van der Waals surface area contributed by atoms with Crippen LogP contribution >= 0.6 is 23.4 Å². The number of anilines is 1. The van der Waals surface area contributed by atoms with E-state index in [4.69, 9.17) is 16.7 Å². The number of rotatable bonds is 7. The Morgan fingerprint density at radius 3 is 2.67 bits per heavy atom. The van der Waals surface area contributed by atoms with Crippen LogP contribution in [0.2, 0.25) is 5.02 Å². The van der Waals surface area contributed by atoms with Crippen LogP contribution in [0.25, 0.3) is 0 Å². The lowest BCUT2D eigenvalue weighted by molar-refractivity contribution is -0.139. The number of nitrogens with one attached hydrogen (secondary N) is 2. The van der Waals surface area contributed by atoms with Gasteiger partial charge in [0.15, 0.2) is 0 Å². The number of halogens is 1. The maximum atomic E-state index is 13.5. The van der Waals surface area contributed by atoms with Gasteiger partial charge in [-0.25, -0.2) is 0 Å². The molecule has 0 aromatic heterocycles. The zero-order chi connectivity index (χ0) is 21.5. The molecule has 1 spiro atoms. The average molecular weight is 452 g/mol. The number of fused-ring (bicyclic) bond motifs is 1. The monoisotopic (exact) mass is 451 g/mol. The molecule has 1 aromatic carbocycles. The molecule has 3 aliphatic heterocycles. The molecule has 0 saturated carbocycles. The number of thioether (sulfide) groups is 1. The molecule has 30 heavy (non-hydrogen) atoms. The van der Waals surface area contributed by atoms with Crippen LogP contribution in [-0.4, -0.2) is 64.0 Å². The number of hydrogen-bond acceptors (Lipinski definition) is 5. The van der Waals surface area contributed by atoms with Crippen molar-refractivity contribution in [1.82, 2.24) is 10.2 Å². The van der Waals surface area contributed by atoms with Gasteiger partial charge in [0, 0.05) is 36.2 Å². The average Bonchev–Trinajstić information content (AvgIpc) is 3.37. The molecule has 2 unspecified atom stereocenters. The molecule has 4 rings (SSSR count). The second-order valence-corrected chi connectivity index (χ2v) is 10.2. The Morgan fingerprint density at radius 1 is 1.27 bits per heavy atom. The van der Waals surface area contributed by atoms with Crippen molar-refractivity contribution in [2.45, 2.75) is 41.7 Å². The van der Waals surface area contributed by atoms with Crippen LogP contribution in [-0.2, 0) is 14.4 Å². The lowest BCUT2D eigenvalue weighted by atomic mass is 9.71. The van der Waals surface area contributed by atoms with Gasteiger partial charge in [0.1, 0.15) is 6.04 Å². The summed E-state index contributed by atoms with van der Waals surface area (Å²) in [6, 6.07) is 6.22. The number of unbranched alkanes of at least 4 members (excludes halogenated alkanes) is 1.